The second-order valence-electron chi connectivity index (χ2n) is 5.50. The van der Waals surface area contributed by atoms with Crippen LogP contribution < -0.4 is 5.73 Å². The summed E-state index contributed by atoms with van der Waals surface area (Å²) in [6, 6.07) is 0.160. The van der Waals surface area contributed by atoms with Crippen molar-refractivity contribution in [3.05, 3.63) is 0 Å². The largest absolute Gasteiger partial charge is 0.368 e. The normalized spacial score (nSPS) is 34.0. The summed E-state index contributed by atoms with van der Waals surface area (Å²) in [6.45, 7) is 3.95. The molecular weight excluding hydrogens is 216 g/mol. The molecule has 0 spiro atoms. The first kappa shape index (κ1) is 12.8. The van der Waals surface area contributed by atoms with Crippen molar-refractivity contribution in [2.24, 2.45) is 11.7 Å². The van der Waals surface area contributed by atoms with Gasteiger partial charge in [0.2, 0.25) is 5.91 Å². The lowest BCUT2D eigenvalue weighted by Gasteiger charge is -2.29. The molecular formula is C13H24N2O2. The van der Waals surface area contributed by atoms with Gasteiger partial charge in [-0.2, -0.15) is 0 Å². The Morgan fingerprint density at radius 1 is 1.35 bits per heavy atom. The minimum absolute atomic E-state index is 0.107. The van der Waals surface area contributed by atoms with Crippen LogP contribution in [-0.4, -0.2) is 42.6 Å². The van der Waals surface area contributed by atoms with Gasteiger partial charge in [-0.25, -0.2) is 0 Å². The van der Waals surface area contributed by atoms with E-state index in [9.17, 15) is 4.79 Å². The van der Waals surface area contributed by atoms with Crippen molar-refractivity contribution < 1.29 is 9.53 Å². The van der Waals surface area contributed by atoms with Gasteiger partial charge in [-0.3, -0.25) is 4.79 Å². The van der Waals surface area contributed by atoms with Crippen LogP contribution in [0.25, 0.3) is 0 Å². The minimum atomic E-state index is 0.107. The maximum absolute atomic E-state index is 11.9. The lowest BCUT2D eigenvalue weighted by atomic mass is 9.88. The number of hydrogen-bond donors (Lipinski definition) is 1. The van der Waals surface area contributed by atoms with Gasteiger partial charge in [0.25, 0.3) is 0 Å². The molecule has 17 heavy (non-hydrogen) atoms. The summed E-state index contributed by atoms with van der Waals surface area (Å²) in [5, 5.41) is 0. The third kappa shape index (κ3) is 3.42. The van der Waals surface area contributed by atoms with Crippen LogP contribution in [0.15, 0.2) is 0 Å². The first-order chi connectivity index (χ1) is 8.16. The molecule has 1 aliphatic heterocycles. The van der Waals surface area contributed by atoms with Gasteiger partial charge in [0, 0.05) is 19.1 Å². The van der Waals surface area contributed by atoms with Crippen molar-refractivity contribution >= 4 is 5.91 Å². The first-order valence-electron chi connectivity index (χ1n) is 6.82. The molecule has 1 amide bonds. The van der Waals surface area contributed by atoms with Crippen LogP contribution >= 0.6 is 0 Å². The summed E-state index contributed by atoms with van der Waals surface area (Å²) >= 11 is 0. The number of rotatable bonds is 3. The average molecular weight is 240 g/mol. The van der Waals surface area contributed by atoms with Crippen LogP contribution in [0.1, 0.15) is 39.0 Å². The fraction of sp³-hybridized carbons (Fsp3) is 0.923. The molecule has 0 aromatic heterocycles. The second-order valence-corrected chi connectivity index (χ2v) is 5.50. The van der Waals surface area contributed by atoms with Gasteiger partial charge >= 0.3 is 0 Å². The van der Waals surface area contributed by atoms with Gasteiger partial charge in [-0.15, -0.1) is 0 Å². The van der Waals surface area contributed by atoms with Crippen LogP contribution in [0, 0.1) is 5.92 Å². The molecule has 4 heteroatoms. The van der Waals surface area contributed by atoms with Crippen LogP contribution in [0.3, 0.4) is 0 Å². The number of carbonyl (C=O) groups is 1. The Kier molecular flexibility index (Phi) is 4.40. The fourth-order valence-corrected chi connectivity index (χ4v) is 2.81. The third-order valence-electron chi connectivity index (χ3n) is 4.03. The monoisotopic (exact) mass is 240 g/mol. The fourth-order valence-electron chi connectivity index (χ4n) is 2.81. The Morgan fingerprint density at radius 3 is 2.76 bits per heavy atom. The van der Waals surface area contributed by atoms with Gasteiger partial charge in [0.05, 0.1) is 6.10 Å². The van der Waals surface area contributed by atoms with Crippen LogP contribution in [-0.2, 0) is 9.53 Å². The zero-order valence-electron chi connectivity index (χ0n) is 10.7. The van der Waals surface area contributed by atoms with Crippen LogP contribution in [0.5, 0.6) is 0 Å². The van der Waals surface area contributed by atoms with Gasteiger partial charge in [-0.1, -0.05) is 19.8 Å². The lowest BCUT2D eigenvalue weighted by Crippen LogP contribution is -2.36. The quantitative estimate of drug-likeness (QED) is 0.805. The molecule has 3 atom stereocenters. The number of carbonyl (C=O) groups excluding carboxylic acids is 1. The van der Waals surface area contributed by atoms with Crippen LogP contribution in [0.2, 0.25) is 0 Å². The summed E-state index contributed by atoms with van der Waals surface area (Å²) in [4.78, 5) is 13.7. The van der Waals surface area contributed by atoms with Gasteiger partial charge < -0.3 is 15.4 Å². The molecule has 0 bridgehead atoms. The number of nitrogens with zero attached hydrogens (tertiary/aromatic N) is 1. The maximum atomic E-state index is 11.9. The van der Waals surface area contributed by atoms with Crippen molar-refractivity contribution in [2.45, 2.75) is 51.2 Å². The number of likely N-dealkylation sites (tertiary alicyclic amines) is 1. The average Bonchev–Trinajstić information content (AvgIpc) is 2.74. The SMILES string of the molecule is C[C@H]1CCCC[C@@H]1OCC(=O)N1CC[C@@H](N)C1. The molecule has 2 N–H and O–H groups in total. The standard InChI is InChI=1S/C13H24N2O2/c1-10-4-2-3-5-12(10)17-9-13(16)15-7-6-11(14)8-15/h10-12H,2-9,14H2,1H3/t10-,11+,12-/m0/s1. The van der Waals surface area contributed by atoms with Crippen molar-refractivity contribution in [3.63, 3.8) is 0 Å². The molecule has 1 aliphatic carbocycles. The van der Waals surface area contributed by atoms with Gasteiger partial charge in [0.1, 0.15) is 6.61 Å². The second kappa shape index (κ2) is 5.83. The summed E-state index contributed by atoms with van der Waals surface area (Å²) in [5.74, 6) is 0.702. The smallest absolute Gasteiger partial charge is 0.248 e. The van der Waals surface area contributed by atoms with E-state index >= 15 is 0 Å². The van der Waals surface area contributed by atoms with Crippen molar-refractivity contribution in [3.8, 4) is 0 Å². The Bertz CT molecular complexity index is 270. The highest BCUT2D eigenvalue weighted by Crippen LogP contribution is 2.26. The molecule has 0 unspecified atom stereocenters. The molecule has 2 aliphatic rings. The maximum Gasteiger partial charge on any atom is 0.248 e. The summed E-state index contributed by atoms with van der Waals surface area (Å²) in [7, 11) is 0. The van der Waals surface area contributed by atoms with E-state index in [1.165, 1.54) is 19.3 Å². The molecule has 1 saturated carbocycles. The van der Waals surface area contributed by atoms with E-state index in [1.54, 1.807) is 0 Å². The molecule has 0 radical (unpaired) electrons. The molecule has 2 fully saturated rings. The van der Waals surface area contributed by atoms with Crippen molar-refractivity contribution in [2.75, 3.05) is 19.7 Å². The predicted molar refractivity (Wildman–Crippen MR) is 66.5 cm³/mol. The summed E-state index contributed by atoms with van der Waals surface area (Å²) in [5.41, 5.74) is 5.79. The van der Waals surface area contributed by atoms with Gasteiger partial charge in [-0.05, 0) is 25.2 Å². The summed E-state index contributed by atoms with van der Waals surface area (Å²) < 4.78 is 5.77. The molecule has 98 valence electrons. The summed E-state index contributed by atoms with van der Waals surface area (Å²) in [6.07, 6.45) is 6.07. The first-order valence-corrected chi connectivity index (χ1v) is 6.82. The van der Waals surface area contributed by atoms with Gasteiger partial charge in [0.15, 0.2) is 0 Å². The third-order valence-corrected chi connectivity index (χ3v) is 4.03. The topological polar surface area (TPSA) is 55.6 Å². The lowest BCUT2D eigenvalue weighted by molar-refractivity contribution is -0.139. The molecule has 0 aromatic carbocycles. The highest BCUT2D eigenvalue weighted by molar-refractivity contribution is 5.77. The number of nitrogens with two attached hydrogens (primary N) is 1. The molecule has 2 rings (SSSR count). The van der Waals surface area contributed by atoms with E-state index in [0.29, 0.717) is 12.5 Å². The highest BCUT2D eigenvalue weighted by atomic mass is 16.5. The predicted octanol–water partition coefficient (Wildman–Crippen LogP) is 1.14. The van der Waals surface area contributed by atoms with E-state index < -0.39 is 0 Å². The van der Waals surface area contributed by atoms with Crippen molar-refractivity contribution in [1.29, 1.82) is 0 Å². The zero-order chi connectivity index (χ0) is 12.3. The van der Waals surface area contributed by atoms with E-state index in [2.05, 4.69) is 6.92 Å². The van der Waals surface area contributed by atoms with E-state index in [1.807, 2.05) is 4.90 Å². The molecule has 1 heterocycles. The van der Waals surface area contributed by atoms with E-state index in [0.717, 1.165) is 19.4 Å². The zero-order valence-corrected chi connectivity index (χ0v) is 10.7. The number of ether oxygens (including phenoxy) is 1. The molecule has 0 aromatic rings. The van der Waals surface area contributed by atoms with E-state index in [-0.39, 0.29) is 24.7 Å². The van der Waals surface area contributed by atoms with E-state index in [4.69, 9.17) is 10.5 Å². The highest BCUT2D eigenvalue weighted by Gasteiger charge is 2.26. The molecule has 1 saturated heterocycles. The number of amides is 1. The Labute approximate surface area is 103 Å². The Morgan fingerprint density at radius 2 is 2.12 bits per heavy atom. The van der Waals surface area contributed by atoms with Crippen molar-refractivity contribution in [1.82, 2.24) is 4.90 Å². The minimum Gasteiger partial charge on any atom is -0.368 e. The Hall–Kier alpha value is -0.610. The molecule has 4 nitrogen and oxygen atoms in total. The Balaban J connectivity index is 1.72. The number of hydrogen-bond acceptors (Lipinski definition) is 3. The van der Waals surface area contributed by atoms with Crippen LogP contribution in [0.4, 0.5) is 0 Å².